The molecule has 2 N–H and O–H groups in total. The number of aromatic nitrogens is 4. The van der Waals surface area contributed by atoms with Gasteiger partial charge in [0.2, 0.25) is 0 Å². The highest BCUT2D eigenvalue weighted by Crippen LogP contribution is 2.30. The Hall–Kier alpha value is -5.07. The van der Waals surface area contributed by atoms with Crippen molar-refractivity contribution in [3.63, 3.8) is 0 Å². The Morgan fingerprint density at radius 3 is 1.67 bits per heavy atom. The monoisotopic (exact) mass is 629 g/mol. The van der Waals surface area contributed by atoms with Crippen LogP contribution in [0.2, 0.25) is 0 Å². The van der Waals surface area contributed by atoms with Crippen molar-refractivity contribution in [2.24, 2.45) is 5.73 Å². The number of sulfone groups is 1. The Balaban J connectivity index is 0.000000242. The van der Waals surface area contributed by atoms with E-state index in [0.29, 0.717) is 35.1 Å². The van der Waals surface area contributed by atoms with Gasteiger partial charge >= 0.3 is 0 Å². The minimum atomic E-state index is -3.63. The van der Waals surface area contributed by atoms with Crippen molar-refractivity contribution in [2.75, 3.05) is 34.2 Å². The summed E-state index contributed by atoms with van der Waals surface area (Å²) < 4.78 is 46.8. The van der Waals surface area contributed by atoms with E-state index in [1.54, 1.807) is 50.9 Å². The van der Waals surface area contributed by atoms with Crippen LogP contribution in [0.1, 0.15) is 11.4 Å². The second-order valence-corrected chi connectivity index (χ2v) is 11.6. The van der Waals surface area contributed by atoms with Gasteiger partial charge in [-0.05, 0) is 36.4 Å². The smallest absolute Gasteiger partial charge is 0.182 e. The first-order valence-electron chi connectivity index (χ1n) is 13.9. The molecule has 12 heteroatoms. The molecule has 1 aromatic carbocycles. The Labute approximate surface area is 263 Å². The number of nitrogens with two attached hydrogens (primary N) is 1. The van der Waals surface area contributed by atoms with Crippen LogP contribution < -0.4 is 24.7 Å². The Morgan fingerprint density at radius 1 is 0.622 bits per heavy atom. The molecule has 11 nitrogen and oxygen atoms in total. The van der Waals surface area contributed by atoms with Crippen molar-refractivity contribution in [3.8, 4) is 45.8 Å². The topological polar surface area (TPSA) is 149 Å². The van der Waals surface area contributed by atoms with E-state index >= 15 is 0 Å². The van der Waals surface area contributed by atoms with Gasteiger partial charge in [-0.1, -0.05) is 12.1 Å². The molecule has 45 heavy (non-hydrogen) atoms. The number of ether oxygens (including phenoxy) is 4. The Bertz CT molecular complexity index is 1780. The molecular formula is C33H35N5O6S. The fourth-order valence-electron chi connectivity index (χ4n) is 4.26. The number of hydrogen-bond donors (Lipinski definition) is 1. The summed E-state index contributed by atoms with van der Waals surface area (Å²) in [6.45, 7) is 0.386. The molecule has 0 saturated carbocycles. The molecule has 4 aromatic heterocycles. The highest BCUT2D eigenvalue weighted by atomic mass is 32.2. The van der Waals surface area contributed by atoms with Gasteiger partial charge in [0.05, 0.1) is 62.7 Å². The summed E-state index contributed by atoms with van der Waals surface area (Å²) in [5, 5.41) is 0. The molecule has 0 unspecified atom stereocenters. The van der Waals surface area contributed by atoms with E-state index in [1.807, 2.05) is 48.5 Å². The van der Waals surface area contributed by atoms with E-state index in [1.165, 1.54) is 20.3 Å². The summed E-state index contributed by atoms with van der Waals surface area (Å²) >= 11 is 0. The number of rotatable bonds is 11. The number of methoxy groups -OCH3 is 4. The van der Waals surface area contributed by atoms with Gasteiger partial charge in [-0.15, -0.1) is 0 Å². The highest BCUT2D eigenvalue weighted by Gasteiger charge is 2.21. The third kappa shape index (κ3) is 8.74. The molecule has 5 rings (SSSR count). The minimum Gasteiger partial charge on any atom is -0.497 e. The number of pyridine rings is 4. The van der Waals surface area contributed by atoms with Gasteiger partial charge in [0, 0.05) is 61.4 Å². The predicted octanol–water partition coefficient (Wildman–Crippen LogP) is 4.80. The van der Waals surface area contributed by atoms with Gasteiger partial charge in [0.15, 0.2) is 9.84 Å². The van der Waals surface area contributed by atoms with E-state index in [2.05, 4.69) is 19.9 Å². The van der Waals surface area contributed by atoms with E-state index in [0.717, 1.165) is 22.8 Å². The minimum absolute atomic E-state index is 0.0900. The molecule has 234 valence electrons. The molecule has 0 aliphatic carbocycles. The van der Waals surface area contributed by atoms with Crippen molar-refractivity contribution in [3.05, 3.63) is 103 Å². The van der Waals surface area contributed by atoms with Gasteiger partial charge in [-0.2, -0.15) is 0 Å². The molecule has 0 fully saturated rings. The molecule has 0 spiro atoms. The van der Waals surface area contributed by atoms with Gasteiger partial charge in [0.25, 0.3) is 0 Å². The quantitative estimate of drug-likeness (QED) is 0.215. The second-order valence-electron chi connectivity index (χ2n) is 9.49. The summed E-state index contributed by atoms with van der Waals surface area (Å²) in [7, 11) is 2.46. The zero-order chi connectivity index (χ0) is 32.2. The highest BCUT2D eigenvalue weighted by molar-refractivity contribution is 7.91. The maximum atomic E-state index is 13.0. The lowest BCUT2D eigenvalue weighted by Gasteiger charge is -2.12. The SMILES string of the molecule is COc1cc(CCS(=O)(=O)c2cc(OC)ccc2OC)nc(-c2ccccn2)c1.COc1cc(CN)nc(-c2ccccn2)c1. The first-order chi connectivity index (χ1) is 21.8. The molecule has 0 atom stereocenters. The summed E-state index contributed by atoms with van der Waals surface area (Å²) in [4.78, 5) is 17.6. The van der Waals surface area contributed by atoms with E-state index in [4.69, 9.17) is 24.7 Å². The first kappa shape index (κ1) is 32.8. The predicted molar refractivity (Wildman–Crippen MR) is 171 cm³/mol. The van der Waals surface area contributed by atoms with Crippen molar-refractivity contribution in [1.29, 1.82) is 0 Å². The fraction of sp³-hybridized carbons (Fsp3) is 0.212. The van der Waals surface area contributed by atoms with Crippen LogP contribution in [-0.4, -0.2) is 62.5 Å². The van der Waals surface area contributed by atoms with Crippen molar-refractivity contribution in [2.45, 2.75) is 17.9 Å². The molecule has 4 heterocycles. The van der Waals surface area contributed by atoms with Crippen LogP contribution in [0.25, 0.3) is 22.8 Å². The molecule has 0 aliphatic rings. The van der Waals surface area contributed by atoms with Crippen molar-refractivity contribution >= 4 is 9.84 Å². The first-order valence-corrected chi connectivity index (χ1v) is 15.5. The zero-order valence-corrected chi connectivity index (χ0v) is 26.3. The number of hydrogen-bond acceptors (Lipinski definition) is 11. The average molecular weight is 630 g/mol. The average Bonchev–Trinajstić information content (AvgIpc) is 3.11. The molecule has 0 bridgehead atoms. The van der Waals surface area contributed by atoms with Gasteiger partial charge in [-0.25, -0.2) is 13.4 Å². The van der Waals surface area contributed by atoms with Crippen LogP contribution in [0.3, 0.4) is 0 Å². The molecule has 0 radical (unpaired) electrons. The number of benzene rings is 1. The van der Waals surface area contributed by atoms with Crippen LogP contribution in [-0.2, 0) is 22.8 Å². The third-order valence-corrected chi connectivity index (χ3v) is 8.30. The summed E-state index contributed by atoms with van der Waals surface area (Å²) in [5.41, 5.74) is 9.87. The third-order valence-electron chi connectivity index (χ3n) is 6.57. The number of nitrogens with zero attached hydrogens (tertiary/aromatic N) is 4. The van der Waals surface area contributed by atoms with Gasteiger partial charge in [0.1, 0.15) is 27.9 Å². The lowest BCUT2D eigenvalue weighted by molar-refractivity contribution is 0.392. The molecule has 0 amide bonds. The number of aryl methyl sites for hydroxylation is 1. The van der Waals surface area contributed by atoms with Crippen molar-refractivity contribution < 1.29 is 27.4 Å². The molecule has 0 aliphatic heterocycles. The van der Waals surface area contributed by atoms with E-state index in [9.17, 15) is 8.42 Å². The van der Waals surface area contributed by atoms with Crippen LogP contribution in [0.15, 0.2) is 96.2 Å². The maximum absolute atomic E-state index is 13.0. The van der Waals surface area contributed by atoms with Gasteiger partial charge < -0.3 is 24.7 Å². The second kappa shape index (κ2) is 15.6. The summed E-state index contributed by atoms with van der Waals surface area (Å²) in [6.07, 6.45) is 3.62. The Morgan fingerprint density at radius 2 is 1.18 bits per heavy atom. The standard InChI is InChI=1S/C21H22N2O5S.C12H13N3O/c1-26-16-7-8-20(28-3)21(14-16)29(24,25)11-9-15-12-17(27-2)13-19(23-15)18-6-4-5-10-22-18;1-16-10-6-9(8-13)15-12(7-10)11-4-2-3-5-14-11/h4-8,10,12-14H,9,11H2,1-3H3;2-7H,8,13H2,1H3. The van der Waals surface area contributed by atoms with Crippen LogP contribution in [0.4, 0.5) is 0 Å². The molecular weight excluding hydrogens is 594 g/mol. The lowest BCUT2D eigenvalue weighted by Crippen LogP contribution is -2.12. The lowest BCUT2D eigenvalue weighted by atomic mass is 10.2. The van der Waals surface area contributed by atoms with Crippen LogP contribution in [0.5, 0.6) is 23.0 Å². The van der Waals surface area contributed by atoms with E-state index in [-0.39, 0.29) is 22.8 Å². The van der Waals surface area contributed by atoms with Crippen LogP contribution in [0, 0.1) is 0 Å². The normalized spacial score (nSPS) is 10.8. The largest absolute Gasteiger partial charge is 0.497 e. The van der Waals surface area contributed by atoms with Gasteiger partial charge in [-0.3, -0.25) is 15.0 Å². The summed E-state index contributed by atoms with van der Waals surface area (Å²) in [6, 6.07) is 23.1. The van der Waals surface area contributed by atoms with E-state index < -0.39 is 9.84 Å². The fourth-order valence-corrected chi connectivity index (χ4v) is 5.71. The summed E-state index contributed by atoms with van der Waals surface area (Å²) in [5.74, 6) is 1.92. The zero-order valence-electron chi connectivity index (χ0n) is 25.5. The Kier molecular flexibility index (Phi) is 11.4. The van der Waals surface area contributed by atoms with Crippen molar-refractivity contribution in [1.82, 2.24) is 19.9 Å². The molecule has 0 saturated heterocycles. The van der Waals surface area contributed by atoms with Crippen LogP contribution >= 0.6 is 0 Å². The maximum Gasteiger partial charge on any atom is 0.182 e. The molecule has 5 aromatic rings.